The van der Waals surface area contributed by atoms with E-state index in [1.165, 1.54) is 6.20 Å². The Morgan fingerprint density at radius 1 is 1.43 bits per heavy atom. The number of amides is 1. The Hall–Kier alpha value is -2.21. The maximum atomic E-state index is 11.6. The molecule has 0 fully saturated rings. The molecule has 0 unspecified atom stereocenters. The first kappa shape index (κ1) is 15.2. The number of nitrogens with one attached hydrogen (secondary N) is 1. The van der Waals surface area contributed by atoms with Crippen LogP contribution in [0.15, 0.2) is 41.0 Å². The van der Waals surface area contributed by atoms with Gasteiger partial charge in [0.25, 0.3) is 5.91 Å². The minimum absolute atomic E-state index is 0.158. The third kappa shape index (κ3) is 3.88. The van der Waals surface area contributed by atoms with Crippen LogP contribution < -0.4 is 10.1 Å². The Balaban J connectivity index is 2.15. The zero-order valence-electron chi connectivity index (χ0n) is 11.3. The molecule has 1 heterocycles. The maximum Gasteiger partial charge on any atom is 0.251 e. The first-order valence-corrected chi connectivity index (χ1v) is 6.98. The van der Waals surface area contributed by atoms with Crippen LogP contribution in [0.3, 0.4) is 0 Å². The molecule has 0 aliphatic rings. The molecular weight excluding hydrogens is 336 g/mol. The summed E-state index contributed by atoms with van der Waals surface area (Å²) in [6, 6.07) is 8.77. The van der Waals surface area contributed by atoms with Crippen LogP contribution >= 0.6 is 15.9 Å². The van der Waals surface area contributed by atoms with Crippen molar-refractivity contribution in [1.29, 1.82) is 0 Å². The van der Waals surface area contributed by atoms with E-state index >= 15 is 0 Å². The number of ether oxygens (including phenoxy) is 1. The second kappa shape index (κ2) is 6.99. The number of rotatable bonds is 5. The van der Waals surface area contributed by atoms with Gasteiger partial charge in [0.2, 0.25) is 0 Å². The molecule has 21 heavy (non-hydrogen) atoms. The van der Waals surface area contributed by atoms with Crippen LogP contribution in [0.4, 0.5) is 0 Å². The number of hydrogen-bond acceptors (Lipinski definition) is 4. The van der Waals surface area contributed by atoms with Gasteiger partial charge in [0.1, 0.15) is 18.1 Å². The van der Waals surface area contributed by atoms with Crippen molar-refractivity contribution in [3.05, 3.63) is 57.8 Å². The fraction of sp³-hybridized carbons (Fsp3) is 0.133. The van der Waals surface area contributed by atoms with Crippen molar-refractivity contribution in [2.24, 2.45) is 0 Å². The van der Waals surface area contributed by atoms with Crippen LogP contribution in [-0.4, -0.2) is 24.2 Å². The van der Waals surface area contributed by atoms with E-state index in [4.69, 9.17) is 4.74 Å². The number of halogens is 1. The molecule has 0 aliphatic carbocycles. The average Bonchev–Trinajstić information content (AvgIpc) is 2.52. The summed E-state index contributed by atoms with van der Waals surface area (Å²) >= 11 is 3.28. The Morgan fingerprint density at radius 3 is 2.95 bits per heavy atom. The van der Waals surface area contributed by atoms with E-state index in [1.54, 1.807) is 31.3 Å². The van der Waals surface area contributed by atoms with Gasteiger partial charge < -0.3 is 10.1 Å². The molecule has 1 aromatic carbocycles. The molecule has 1 aromatic heterocycles. The number of benzene rings is 1. The molecule has 6 heteroatoms. The molecule has 0 saturated carbocycles. The monoisotopic (exact) mass is 348 g/mol. The molecule has 0 bridgehead atoms. The highest BCUT2D eigenvalue weighted by atomic mass is 79.9. The van der Waals surface area contributed by atoms with Crippen molar-refractivity contribution in [2.75, 3.05) is 7.05 Å². The second-order valence-electron chi connectivity index (χ2n) is 4.22. The van der Waals surface area contributed by atoms with Gasteiger partial charge in [-0.15, -0.1) is 0 Å². The van der Waals surface area contributed by atoms with Crippen LogP contribution in [0.5, 0.6) is 5.75 Å². The van der Waals surface area contributed by atoms with Crippen LogP contribution in [0, 0.1) is 0 Å². The summed E-state index contributed by atoms with van der Waals surface area (Å²) in [5.74, 6) is 0.235. The van der Waals surface area contributed by atoms with E-state index in [0.29, 0.717) is 17.6 Å². The van der Waals surface area contributed by atoms with Gasteiger partial charge >= 0.3 is 0 Å². The number of aldehydes is 1. The molecule has 108 valence electrons. The molecule has 2 rings (SSSR count). The van der Waals surface area contributed by atoms with Crippen molar-refractivity contribution >= 4 is 28.1 Å². The topological polar surface area (TPSA) is 68.3 Å². The van der Waals surface area contributed by atoms with E-state index in [9.17, 15) is 9.59 Å². The molecule has 1 N–H and O–H groups in total. The number of carbonyl (C=O) groups is 2. The molecule has 5 nitrogen and oxygen atoms in total. The lowest BCUT2D eigenvalue weighted by Crippen LogP contribution is -2.17. The summed E-state index contributed by atoms with van der Waals surface area (Å²) in [6.07, 6.45) is 2.17. The molecule has 1 amide bonds. The maximum absolute atomic E-state index is 11.6. The standard InChI is InChI=1S/C15H13BrN2O3/c1-17-15(20)11-4-2-3-10(5-11)9-21-14-6-12(16)7-18-13(14)8-19/h2-8H,9H2,1H3,(H,17,20). The smallest absolute Gasteiger partial charge is 0.251 e. The van der Waals surface area contributed by atoms with Crippen molar-refractivity contribution in [1.82, 2.24) is 10.3 Å². The summed E-state index contributed by atoms with van der Waals surface area (Å²) in [5.41, 5.74) is 1.62. The fourth-order valence-electron chi connectivity index (χ4n) is 1.74. The quantitative estimate of drug-likeness (QED) is 0.843. The Labute approximate surface area is 130 Å². The fourth-order valence-corrected chi connectivity index (χ4v) is 2.05. The van der Waals surface area contributed by atoms with Gasteiger partial charge in [0, 0.05) is 23.3 Å². The lowest BCUT2D eigenvalue weighted by atomic mass is 10.1. The summed E-state index contributed by atoms with van der Waals surface area (Å²) in [6.45, 7) is 0.240. The highest BCUT2D eigenvalue weighted by molar-refractivity contribution is 9.10. The van der Waals surface area contributed by atoms with E-state index in [0.717, 1.165) is 10.0 Å². The van der Waals surface area contributed by atoms with E-state index in [2.05, 4.69) is 26.2 Å². The lowest BCUT2D eigenvalue weighted by molar-refractivity contribution is 0.0962. The molecule has 0 radical (unpaired) electrons. The highest BCUT2D eigenvalue weighted by Gasteiger charge is 2.07. The van der Waals surface area contributed by atoms with Gasteiger partial charge in [-0.05, 0) is 39.7 Å². The summed E-state index contributed by atoms with van der Waals surface area (Å²) in [4.78, 5) is 26.5. The SMILES string of the molecule is CNC(=O)c1cccc(COc2cc(Br)cnc2C=O)c1. The van der Waals surface area contributed by atoms with Gasteiger partial charge in [-0.2, -0.15) is 0 Å². The lowest BCUT2D eigenvalue weighted by Gasteiger charge is -2.09. The predicted octanol–water partition coefficient (Wildman–Crippen LogP) is 2.60. The Bertz CT molecular complexity index is 674. The molecule has 0 atom stereocenters. The van der Waals surface area contributed by atoms with E-state index < -0.39 is 0 Å². The minimum atomic E-state index is -0.158. The van der Waals surface area contributed by atoms with Gasteiger partial charge in [-0.25, -0.2) is 4.98 Å². The Kier molecular flexibility index (Phi) is 5.05. The normalized spacial score (nSPS) is 10.0. The summed E-state index contributed by atoms with van der Waals surface area (Å²) in [5, 5.41) is 2.57. The second-order valence-corrected chi connectivity index (χ2v) is 5.14. The van der Waals surface area contributed by atoms with Crippen LogP contribution in [-0.2, 0) is 6.61 Å². The number of aromatic nitrogens is 1. The molecule has 0 aliphatic heterocycles. The largest absolute Gasteiger partial charge is 0.486 e. The van der Waals surface area contributed by atoms with E-state index in [1.807, 2.05) is 6.07 Å². The van der Waals surface area contributed by atoms with Crippen molar-refractivity contribution < 1.29 is 14.3 Å². The van der Waals surface area contributed by atoms with Crippen LogP contribution in [0.1, 0.15) is 26.4 Å². The number of nitrogens with zero attached hydrogens (tertiary/aromatic N) is 1. The van der Waals surface area contributed by atoms with Crippen molar-refractivity contribution in [3.8, 4) is 5.75 Å². The zero-order chi connectivity index (χ0) is 15.2. The molecule has 0 spiro atoms. The summed E-state index contributed by atoms with van der Waals surface area (Å²) in [7, 11) is 1.58. The third-order valence-corrected chi connectivity index (χ3v) is 3.20. The zero-order valence-corrected chi connectivity index (χ0v) is 12.9. The first-order chi connectivity index (χ1) is 10.1. The van der Waals surface area contributed by atoms with Crippen LogP contribution in [0.25, 0.3) is 0 Å². The average molecular weight is 349 g/mol. The van der Waals surface area contributed by atoms with E-state index in [-0.39, 0.29) is 18.2 Å². The van der Waals surface area contributed by atoms with Crippen molar-refractivity contribution in [3.63, 3.8) is 0 Å². The third-order valence-electron chi connectivity index (χ3n) is 2.77. The number of hydrogen-bond donors (Lipinski definition) is 1. The molecular formula is C15H13BrN2O3. The number of pyridine rings is 1. The number of carbonyl (C=O) groups excluding carboxylic acids is 2. The minimum Gasteiger partial charge on any atom is -0.486 e. The predicted molar refractivity (Wildman–Crippen MR) is 81.5 cm³/mol. The van der Waals surface area contributed by atoms with Crippen LogP contribution in [0.2, 0.25) is 0 Å². The molecule has 2 aromatic rings. The van der Waals surface area contributed by atoms with Gasteiger partial charge in [0.05, 0.1) is 0 Å². The van der Waals surface area contributed by atoms with Gasteiger partial charge in [-0.1, -0.05) is 12.1 Å². The summed E-state index contributed by atoms with van der Waals surface area (Å²) < 4.78 is 6.33. The highest BCUT2D eigenvalue weighted by Crippen LogP contribution is 2.21. The van der Waals surface area contributed by atoms with Gasteiger partial charge in [0.15, 0.2) is 6.29 Å². The van der Waals surface area contributed by atoms with Gasteiger partial charge in [-0.3, -0.25) is 9.59 Å². The molecule has 0 saturated heterocycles. The Morgan fingerprint density at radius 2 is 2.24 bits per heavy atom. The van der Waals surface area contributed by atoms with Crippen molar-refractivity contribution in [2.45, 2.75) is 6.61 Å². The first-order valence-electron chi connectivity index (χ1n) is 6.18.